The summed E-state index contributed by atoms with van der Waals surface area (Å²) in [5.41, 5.74) is 0. The number of hydrogen-bond donors (Lipinski definition) is 1. The maximum Gasteiger partial charge on any atom is 0.238 e. The van der Waals surface area contributed by atoms with Crippen molar-refractivity contribution in [1.29, 1.82) is 0 Å². The molecule has 1 aromatic heterocycles. The van der Waals surface area contributed by atoms with Crippen LogP contribution in [0, 0.1) is 3.57 Å². The number of benzene rings is 1. The lowest BCUT2D eigenvalue weighted by Crippen LogP contribution is -2.04. The first-order valence-electron chi connectivity index (χ1n) is 5.89. The monoisotopic (exact) mass is 433 g/mol. The largest absolute Gasteiger partial charge is 0.438 e. The summed E-state index contributed by atoms with van der Waals surface area (Å²) in [5.74, 6) is 1.83. The molecule has 6 heteroatoms. The Morgan fingerprint density at radius 2 is 2.05 bits per heavy atom. The summed E-state index contributed by atoms with van der Waals surface area (Å²) in [7, 11) is 0. The second-order valence-electron chi connectivity index (χ2n) is 3.83. The van der Waals surface area contributed by atoms with Crippen LogP contribution in [0.3, 0.4) is 0 Å². The van der Waals surface area contributed by atoms with Crippen molar-refractivity contribution in [3.8, 4) is 11.6 Å². The van der Waals surface area contributed by atoms with E-state index in [0.717, 1.165) is 26.8 Å². The Labute approximate surface area is 134 Å². The van der Waals surface area contributed by atoms with Crippen molar-refractivity contribution in [2.24, 2.45) is 0 Å². The van der Waals surface area contributed by atoms with Gasteiger partial charge in [0.2, 0.25) is 11.8 Å². The molecule has 2 aromatic rings. The van der Waals surface area contributed by atoms with Crippen LogP contribution < -0.4 is 10.1 Å². The van der Waals surface area contributed by atoms with Crippen molar-refractivity contribution in [3.05, 3.63) is 38.5 Å². The van der Waals surface area contributed by atoms with Crippen molar-refractivity contribution in [3.63, 3.8) is 0 Å². The molecule has 19 heavy (non-hydrogen) atoms. The smallest absolute Gasteiger partial charge is 0.238 e. The summed E-state index contributed by atoms with van der Waals surface area (Å²) in [5, 5.41) is 3.13. The summed E-state index contributed by atoms with van der Waals surface area (Å²) in [6.45, 7) is 2.93. The number of aromatic nitrogens is 2. The fourth-order valence-electron chi connectivity index (χ4n) is 1.36. The number of anilines is 1. The molecule has 0 amide bonds. The molecule has 0 aliphatic rings. The van der Waals surface area contributed by atoms with Crippen LogP contribution in [0.4, 0.5) is 5.95 Å². The lowest BCUT2D eigenvalue weighted by Gasteiger charge is -2.09. The number of nitrogens with one attached hydrogen (secondary N) is 1. The Balaban J connectivity index is 2.16. The Bertz CT molecular complexity index is 548. The van der Waals surface area contributed by atoms with Crippen LogP contribution >= 0.6 is 38.5 Å². The molecule has 1 N–H and O–H groups in total. The molecule has 4 nitrogen and oxygen atoms in total. The van der Waals surface area contributed by atoms with Gasteiger partial charge in [-0.1, -0.05) is 6.92 Å². The summed E-state index contributed by atoms with van der Waals surface area (Å²) >= 11 is 5.65. The van der Waals surface area contributed by atoms with Gasteiger partial charge in [0.05, 0.1) is 10.7 Å². The second-order valence-corrected chi connectivity index (χ2v) is 5.93. The highest BCUT2D eigenvalue weighted by atomic mass is 127. The molecule has 0 atom stereocenters. The van der Waals surface area contributed by atoms with Crippen LogP contribution in [0.25, 0.3) is 0 Å². The zero-order chi connectivity index (χ0) is 13.7. The summed E-state index contributed by atoms with van der Waals surface area (Å²) in [6.07, 6.45) is 2.71. The molecule has 2 rings (SSSR count). The minimum absolute atomic E-state index is 0.509. The van der Waals surface area contributed by atoms with Crippen LogP contribution in [0.5, 0.6) is 11.6 Å². The molecule has 0 aliphatic carbocycles. The van der Waals surface area contributed by atoms with E-state index in [1.54, 1.807) is 6.20 Å². The van der Waals surface area contributed by atoms with Gasteiger partial charge in [0.15, 0.2) is 0 Å². The zero-order valence-electron chi connectivity index (χ0n) is 10.4. The molecular weight excluding hydrogens is 421 g/mol. The first-order valence-corrected chi connectivity index (χ1v) is 7.76. The Kier molecular flexibility index (Phi) is 5.38. The molecule has 0 bridgehead atoms. The van der Waals surface area contributed by atoms with E-state index >= 15 is 0 Å². The van der Waals surface area contributed by atoms with E-state index in [-0.39, 0.29) is 0 Å². The summed E-state index contributed by atoms with van der Waals surface area (Å²) in [4.78, 5) is 8.52. The lowest BCUT2D eigenvalue weighted by atomic mass is 10.3. The van der Waals surface area contributed by atoms with E-state index in [9.17, 15) is 0 Å². The molecule has 100 valence electrons. The third-order valence-corrected chi connectivity index (χ3v) is 3.54. The van der Waals surface area contributed by atoms with E-state index in [4.69, 9.17) is 4.74 Å². The standard InChI is InChI=1S/C13H13BrIN3O/c1-2-7-16-13-17-8-11(14)12(18-13)19-10-5-3-9(15)4-6-10/h3-6,8H,2,7H2,1H3,(H,16,17,18). The van der Waals surface area contributed by atoms with Crippen LogP contribution in [-0.2, 0) is 0 Å². The zero-order valence-corrected chi connectivity index (χ0v) is 14.1. The maximum absolute atomic E-state index is 5.74. The van der Waals surface area contributed by atoms with Gasteiger partial charge in [-0.25, -0.2) is 4.98 Å². The quantitative estimate of drug-likeness (QED) is 0.707. The number of rotatable bonds is 5. The second kappa shape index (κ2) is 7.04. The molecule has 0 fully saturated rings. The van der Waals surface area contributed by atoms with Crippen molar-refractivity contribution >= 4 is 44.5 Å². The van der Waals surface area contributed by atoms with E-state index in [2.05, 4.69) is 60.7 Å². The van der Waals surface area contributed by atoms with Gasteiger partial charge in [-0.05, 0) is 69.2 Å². The normalized spacial score (nSPS) is 10.3. The molecule has 1 aromatic carbocycles. The highest BCUT2D eigenvalue weighted by Crippen LogP contribution is 2.28. The topological polar surface area (TPSA) is 47.0 Å². The Hall–Kier alpha value is -0.890. The average molecular weight is 434 g/mol. The molecule has 0 saturated carbocycles. The van der Waals surface area contributed by atoms with Crippen molar-refractivity contribution < 1.29 is 4.74 Å². The predicted octanol–water partition coefficient (Wildman–Crippen LogP) is 4.46. The third kappa shape index (κ3) is 4.31. The van der Waals surface area contributed by atoms with Crippen molar-refractivity contribution in [1.82, 2.24) is 9.97 Å². The van der Waals surface area contributed by atoms with E-state index in [1.807, 2.05) is 24.3 Å². The first-order chi connectivity index (χ1) is 9.19. The minimum Gasteiger partial charge on any atom is -0.438 e. The molecule has 0 aliphatic heterocycles. The molecule has 0 saturated heterocycles. The van der Waals surface area contributed by atoms with E-state index in [1.165, 1.54) is 0 Å². The van der Waals surface area contributed by atoms with Gasteiger partial charge in [-0.3, -0.25) is 0 Å². The van der Waals surface area contributed by atoms with Gasteiger partial charge in [-0.2, -0.15) is 4.98 Å². The number of ether oxygens (including phenoxy) is 1. The Morgan fingerprint density at radius 3 is 2.74 bits per heavy atom. The number of halogens is 2. The van der Waals surface area contributed by atoms with Crippen molar-refractivity contribution in [2.75, 3.05) is 11.9 Å². The molecule has 0 unspecified atom stereocenters. The van der Waals surface area contributed by atoms with Crippen LogP contribution in [0.15, 0.2) is 34.9 Å². The molecule has 0 radical (unpaired) electrons. The van der Waals surface area contributed by atoms with Gasteiger partial charge < -0.3 is 10.1 Å². The minimum atomic E-state index is 0.509. The van der Waals surface area contributed by atoms with Gasteiger partial charge in [0.25, 0.3) is 0 Å². The van der Waals surface area contributed by atoms with E-state index < -0.39 is 0 Å². The predicted molar refractivity (Wildman–Crippen MR) is 87.7 cm³/mol. The molecular formula is C13H13BrIN3O. The van der Waals surface area contributed by atoms with Crippen LogP contribution in [0.1, 0.15) is 13.3 Å². The molecule has 0 spiro atoms. The highest BCUT2D eigenvalue weighted by molar-refractivity contribution is 14.1. The maximum atomic E-state index is 5.74. The Morgan fingerprint density at radius 1 is 1.32 bits per heavy atom. The van der Waals surface area contributed by atoms with Gasteiger partial charge >= 0.3 is 0 Å². The lowest BCUT2D eigenvalue weighted by molar-refractivity contribution is 0.459. The van der Waals surface area contributed by atoms with Crippen LogP contribution in [-0.4, -0.2) is 16.5 Å². The summed E-state index contributed by atoms with van der Waals surface area (Å²) < 4.78 is 7.64. The number of nitrogens with zero attached hydrogens (tertiary/aromatic N) is 2. The van der Waals surface area contributed by atoms with Crippen molar-refractivity contribution in [2.45, 2.75) is 13.3 Å². The van der Waals surface area contributed by atoms with E-state index in [0.29, 0.717) is 11.8 Å². The summed E-state index contributed by atoms with van der Waals surface area (Å²) in [6, 6.07) is 7.80. The van der Waals surface area contributed by atoms with Gasteiger partial charge in [0.1, 0.15) is 5.75 Å². The third-order valence-electron chi connectivity index (χ3n) is 2.27. The van der Waals surface area contributed by atoms with Crippen LogP contribution in [0.2, 0.25) is 0 Å². The molecule has 1 heterocycles. The SMILES string of the molecule is CCCNc1ncc(Br)c(Oc2ccc(I)cc2)n1. The van der Waals surface area contributed by atoms with Gasteiger partial charge in [0, 0.05) is 10.1 Å². The fraction of sp³-hybridized carbons (Fsp3) is 0.231. The first kappa shape index (κ1) is 14.5. The average Bonchev–Trinajstić information content (AvgIpc) is 2.42. The number of hydrogen-bond acceptors (Lipinski definition) is 4. The van der Waals surface area contributed by atoms with Gasteiger partial charge in [-0.15, -0.1) is 0 Å². The fourth-order valence-corrected chi connectivity index (χ4v) is 1.99. The highest BCUT2D eigenvalue weighted by Gasteiger charge is 2.07.